The van der Waals surface area contributed by atoms with E-state index in [4.69, 9.17) is 9.47 Å². The van der Waals surface area contributed by atoms with Gasteiger partial charge in [-0.15, -0.1) is 11.3 Å². The average Bonchev–Trinajstić information content (AvgIpc) is 3.37. The summed E-state index contributed by atoms with van der Waals surface area (Å²) in [4.78, 5) is 31.7. The molecule has 1 aromatic heterocycles. The van der Waals surface area contributed by atoms with E-state index < -0.39 is 35.6 Å². The second kappa shape index (κ2) is 12.9. The second-order valence-corrected chi connectivity index (χ2v) is 13.8. The fourth-order valence-electron chi connectivity index (χ4n) is 5.94. The number of epoxide rings is 1. The molecule has 7 atom stereocenters. The molecule has 8 heteroatoms. The molecule has 2 aliphatic heterocycles. The Morgan fingerprint density at radius 3 is 2.54 bits per heavy atom. The van der Waals surface area contributed by atoms with Gasteiger partial charge < -0.3 is 19.7 Å². The number of carbonyl (C=O) groups excluding carboxylic acids is 2. The van der Waals surface area contributed by atoms with E-state index in [0.717, 1.165) is 41.1 Å². The van der Waals surface area contributed by atoms with Crippen molar-refractivity contribution in [3.8, 4) is 0 Å². The Balaban J connectivity index is 1.61. The first-order valence-electron chi connectivity index (χ1n) is 14.7. The third-order valence-corrected chi connectivity index (χ3v) is 9.84. The van der Waals surface area contributed by atoms with Crippen molar-refractivity contribution >= 4 is 29.2 Å². The molecule has 0 aliphatic carbocycles. The molecule has 0 saturated carbocycles. The first-order chi connectivity index (χ1) is 19.3. The number of esters is 1. The zero-order valence-corrected chi connectivity index (χ0v) is 25.9. The lowest BCUT2D eigenvalue weighted by Crippen LogP contribution is -2.47. The predicted molar refractivity (Wildman–Crippen MR) is 160 cm³/mol. The number of nitrogens with zero attached hydrogens (tertiary/aromatic N) is 1. The molecule has 224 valence electrons. The number of Topliss-reactive ketones (excluding diaryl/α,β-unsaturated/α-hetero) is 1. The van der Waals surface area contributed by atoms with Crippen molar-refractivity contribution in [2.75, 3.05) is 0 Å². The van der Waals surface area contributed by atoms with Gasteiger partial charge in [-0.25, -0.2) is 4.98 Å². The molecule has 2 saturated heterocycles. The van der Waals surface area contributed by atoms with Crippen LogP contribution in [-0.4, -0.2) is 57.0 Å². The number of cyclic esters (lactones) is 1. The number of rotatable bonds is 4. The summed E-state index contributed by atoms with van der Waals surface area (Å²) in [5, 5.41) is 25.6. The van der Waals surface area contributed by atoms with Gasteiger partial charge in [-0.1, -0.05) is 57.5 Å². The quantitative estimate of drug-likeness (QED) is 0.351. The zero-order chi connectivity index (χ0) is 29.9. The summed E-state index contributed by atoms with van der Waals surface area (Å²) in [7, 11) is 0. The van der Waals surface area contributed by atoms with E-state index in [1.165, 1.54) is 0 Å². The van der Waals surface area contributed by atoms with E-state index >= 15 is 0 Å². The van der Waals surface area contributed by atoms with E-state index in [2.05, 4.69) is 11.9 Å². The van der Waals surface area contributed by atoms with Crippen LogP contribution in [0.25, 0.3) is 6.08 Å². The van der Waals surface area contributed by atoms with Crippen LogP contribution in [0.5, 0.6) is 0 Å². The SMILES string of the molecule is CC(=Cc1csc(C)n1)[C@@H]1C[C@@H]2O[C@@]2(C)CCC[C@H](C)[C@@H](O)[C@H](Cc2ccccc2)C(=O)C(C)(C)[C@@H](O)CC(=O)O1. The molecule has 2 aromatic rings. The standard InChI is InChI=1S/C33H45NO6S/c1-20-11-10-14-33(6)28(40-33)17-26(21(2)15-24-19-41-22(3)34-24)39-29(36)18-27(35)32(4,5)31(38)25(30(20)37)16-23-12-8-7-9-13-23/h7-9,12-13,15,19-20,25-28,30,35,37H,10-11,14,16-18H2,1-6H3/t20-,25-,26-,27-,28-,30+,33-/m0/s1. The number of carbonyl (C=O) groups is 2. The van der Waals surface area contributed by atoms with Gasteiger partial charge >= 0.3 is 5.97 Å². The van der Waals surface area contributed by atoms with Gasteiger partial charge in [-0.3, -0.25) is 9.59 Å². The van der Waals surface area contributed by atoms with Crippen LogP contribution in [0.2, 0.25) is 0 Å². The lowest BCUT2D eigenvalue weighted by molar-refractivity contribution is -0.154. The van der Waals surface area contributed by atoms with Crippen molar-refractivity contribution in [3.63, 3.8) is 0 Å². The van der Waals surface area contributed by atoms with E-state index in [9.17, 15) is 19.8 Å². The normalized spacial score (nSPS) is 33.6. The monoisotopic (exact) mass is 583 g/mol. The van der Waals surface area contributed by atoms with Gasteiger partial charge in [0.25, 0.3) is 0 Å². The minimum absolute atomic E-state index is 0.0669. The average molecular weight is 584 g/mol. The Labute approximate surface area is 248 Å². The van der Waals surface area contributed by atoms with Crippen molar-refractivity contribution in [2.24, 2.45) is 17.3 Å². The van der Waals surface area contributed by atoms with E-state index in [1.807, 2.05) is 62.6 Å². The Kier molecular flexibility index (Phi) is 9.89. The number of aliphatic hydroxyl groups is 2. The van der Waals surface area contributed by atoms with Crippen LogP contribution in [-0.2, 0) is 25.5 Å². The highest BCUT2D eigenvalue weighted by Gasteiger charge is 2.53. The molecule has 2 aliphatic rings. The fraction of sp³-hybridized carbons (Fsp3) is 0.606. The minimum Gasteiger partial charge on any atom is -0.458 e. The fourth-order valence-corrected chi connectivity index (χ4v) is 6.51. The van der Waals surface area contributed by atoms with Crippen LogP contribution in [0.15, 0.2) is 41.3 Å². The van der Waals surface area contributed by atoms with Gasteiger partial charge in [-0.2, -0.15) is 0 Å². The van der Waals surface area contributed by atoms with Gasteiger partial charge in [-0.05, 0) is 63.2 Å². The highest BCUT2D eigenvalue weighted by Crippen LogP contribution is 2.45. The second-order valence-electron chi connectivity index (χ2n) is 12.8. The number of hydrogen-bond acceptors (Lipinski definition) is 8. The van der Waals surface area contributed by atoms with Gasteiger partial charge in [0.2, 0.25) is 0 Å². The molecule has 4 rings (SSSR count). The Morgan fingerprint density at radius 1 is 1.17 bits per heavy atom. The van der Waals surface area contributed by atoms with E-state index in [1.54, 1.807) is 25.2 Å². The number of fused-ring (bicyclic) bond motifs is 1. The Morgan fingerprint density at radius 2 is 1.88 bits per heavy atom. The number of thiazole rings is 1. The van der Waals surface area contributed by atoms with Crippen LogP contribution < -0.4 is 0 Å². The minimum atomic E-state index is -1.27. The molecule has 7 nitrogen and oxygen atoms in total. The number of hydrogen-bond donors (Lipinski definition) is 2. The summed E-state index contributed by atoms with van der Waals surface area (Å²) in [6, 6.07) is 9.63. The van der Waals surface area contributed by atoms with Gasteiger partial charge in [0.1, 0.15) is 11.9 Å². The molecule has 41 heavy (non-hydrogen) atoms. The van der Waals surface area contributed by atoms with Crippen LogP contribution in [0.1, 0.15) is 83.0 Å². The molecule has 0 unspecified atom stereocenters. The molecular weight excluding hydrogens is 538 g/mol. The molecule has 1 aromatic carbocycles. The van der Waals surface area contributed by atoms with Crippen LogP contribution in [0.3, 0.4) is 0 Å². The summed E-state index contributed by atoms with van der Waals surface area (Å²) in [5.74, 6) is -1.68. The predicted octanol–water partition coefficient (Wildman–Crippen LogP) is 5.70. The van der Waals surface area contributed by atoms with Gasteiger partial charge in [0, 0.05) is 17.7 Å². The van der Waals surface area contributed by atoms with Crippen LogP contribution in [0, 0.1) is 24.2 Å². The van der Waals surface area contributed by atoms with Gasteiger partial charge in [0.15, 0.2) is 0 Å². The first-order valence-corrected chi connectivity index (χ1v) is 15.6. The molecule has 0 amide bonds. The van der Waals surface area contributed by atoms with Crippen LogP contribution >= 0.6 is 11.3 Å². The highest BCUT2D eigenvalue weighted by atomic mass is 32.1. The van der Waals surface area contributed by atoms with Crippen molar-refractivity contribution in [3.05, 3.63) is 57.6 Å². The molecule has 0 bridgehead atoms. The highest BCUT2D eigenvalue weighted by molar-refractivity contribution is 7.09. The van der Waals surface area contributed by atoms with E-state index in [0.29, 0.717) is 12.8 Å². The number of ketones is 1. The van der Waals surface area contributed by atoms with Gasteiger partial charge in [0.05, 0.1) is 46.5 Å². The third-order valence-electron chi connectivity index (χ3n) is 9.05. The Bertz CT molecular complexity index is 1240. The number of aromatic nitrogens is 1. The number of benzene rings is 1. The number of aliphatic hydroxyl groups excluding tert-OH is 2. The van der Waals surface area contributed by atoms with Crippen molar-refractivity contribution in [2.45, 2.75) is 110 Å². The van der Waals surface area contributed by atoms with Crippen molar-refractivity contribution < 1.29 is 29.3 Å². The smallest absolute Gasteiger partial charge is 0.309 e. The lowest BCUT2D eigenvalue weighted by atomic mass is 9.70. The molecule has 3 heterocycles. The maximum absolute atomic E-state index is 14.0. The molecule has 2 N–H and O–H groups in total. The first kappa shape index (κ1) is 31.5. The van der Waals surface area contributed by atoms with Crippen molar-refractivity contribution in [1.82, 2.24) is 4.98 Å². The molecule has 0 radical (unpaired) electrons. The topological polar surface area (TPSA) is 109 Å². The van der Waals surface area contributed by atoms with Crippen molar-refractivity contribution in [1.29, 1.82) is 0 Å². The molecular formula is C33H45NO6S. The summed E-state index contributed by atoms with van der Waals surface area (Å²) in [6.45, 7) is 11.2. The maximum Gasteiger partial charge on any atom is 0.309 e. The summed E-state index contributed by atoms with van der Waals surface area (Å²) < 4.78 is 12.1. The van der Waals surface area contributed by atoms with E-state index in [-0.39, 0.29) is 29.8 Å². The molecule has 2 fully saturated rings. The number of ether oxygens (including phenoxy) is 2. The number of aryl methyl sites for hydroxylation is 1. The summed E-state index contributed by atoms with van der Waals surface area (Å²) in [5.41, 5.74) is 1.01. The Hall–Kier alpha value is -2.39. The zero-order valence-electron chi connectivity index (χ0n) is 25.1. The van der Waals surface area contributed by atoms with Crippen LogP contribution in [0.4, 0.5) is 0 Å². The maximum atomic E-state index is 14.0. The lowest BCUT2D eigenvalue weighted by Gasteiger charge is -2.36. The summed E-state index contributed by atoms with van der Waals surface area (Å²) in [6.07, 6.45) is 2.09. The molecule has 0 spiro atoms. The largest absolute Gasteiger partial charge is 0.458 e. The summed E-state index contributed by atoms with van der Waals surface area (Å²) >= 11 is 1.56. The third kappa shape index (κ3) is 7.72.